The minimum atomic E-state index is -0.562. The fraction of sp³-hybridized carbons (Fsp3) is 1.00. The van der Waals surface area contributed by atoms with Crippen LogP contribution in [0.25, 0.3) is 0 Å². The Bertz CT molecular complexity index is 263. The highest BCUT2D eigenvalue weighted by Gasteiger charge is 2.39. The molecule has 1 N–H and O–H groups in total. The average molecular weight is 313 g/mol. The van der Waals surface area contributed by atoms with Gasteiger partial charge in [-0.15, -0.1) is 0 Å². The van der Waals surface area contributed by atoms with Crippen LogP contribution in [-0.4, -0.2) is 61.8 Å². The number of rotatable bonds is 4. The standard InChI is InChI=1S/C19H40N2O/c1-19(22)17(15-20(2)3)13-11-9-7-6-8-10-12-14-18(19)16-21(4)5/h17-18,22H,6-16H2,1-5H3. The molecule has 0 amide bonds. The highest BCUT2D eigenvalue weighted by Crippen LogP contribution is 2.35. The van der Waals surface area contributed by atoms with Gasteiger partial charge in [-0.05, 0) is 48.0 Å². The summed E-state index contributed by atoms with van der Waals surface area (Å²) >= 11 is 0. The summed E-state index contributed by atoms with van der Waals surface area (Å²) in [6.07, 6.45) is 11.7. The molecule has 0 aromatic rings. The average Bonchev–Trinajstić information content (AvgIpc) is 2.40. The van der Waals surface area contributed by atoms with Gasteiger partial charge in [-0.3, -0.25) is 0 Å². The summed E-state index contributed by atoms with van der Waals surface area (Å²) in [5.41, 5.74) is -0.562. The maximum absolute atomic E-state index is 11.4. The molecule has 0 bridgehead atoms. The van der Waals surface area contributed by atoms with E-state index < -0.39 is 5.60 Å². The van der Waals surface area contributed by atoms with Crippen LogP contribution >= 0.6 is 0 Å². The molecule has 3 heteroatoms. The summed E-state index contributed by atoms with van der Waals surface area (Å²) in [6.45, 7) is 4.11. The first-order valence-corrected chi connectivity index (χ1v) is 9.36. The van der Waals surface area contributed by atoms with E-state index in [0.717, 1.165) is 25.9 Å². The van der Waals surface area contributed by atoms with Gasteiger partial charge in [0.15, 0.2) is 0 Å². The summed E-state index contributed by atoms with van der Waals surface area (Å²) in [5, 5.41) is 11.4. The Labute approximate surface area is 139 Å². The van der Waals surface area contributed by atoms with Gasteiger partial charge in [0.05, 0.1) is 5.60 Å². The van der Waals surface area contributed by atoms with Crippen molar-refractivity contribution in [1.82, 2.24) is 9.80 Å². The highest BCUT2D eigenvalue weighted by molar-refractivity contribution is 4.91. The SMILES string of the molecule is CN(C)CC1CCCCCCCCCC(CN(C)C)C1(C)O. The molecule has 0 aliphatic heterocycles. The molecule has 1 saturated carbocycles. The summed E-state index contributed by atoms with van der Waals surface area (Å²) in [6, 6.07) is 0. The van der Waals surface area contributed by atoms with Gasteiger partial charge < -0.3 is 14.9 Å². The van der Waals surface area contributed by atoms with Crippen LogP contribution in [0.2, 0.25) is 0 Å². The Balaban J connectivity index is 2.86. The van der Waals surface area contributed by atoms with E-state index in [1.165, 1.54) is 44.9 Å². The van der Waals surface area contributed by atoms with Crippen LogP contribution in [0.3, 0.4) is 0 Å². The third-order valence-corrected chi connectivity index (χ3v) is 5.43. The van der Waals surface area contributed by atoms with Crippen molar-refractivity contribution in [2.45, 2.75) is 70.3 Å². The summed E-state index contributed by atoms with van der Waals surface area (Å²) in [7, 11) is 8.53. The van der Waals surface area contributed by atoms with Crippen LogP contribution in [0, 0.1) is 11.8 Å². The topological polar surface area (TPSA) is 26.7 Å². The number of hydrogen-bond donors (Lipinski definition) is 1. The second-order valence-electron chi connectivity index (χ2n) is 8.20. The van der Waals surface area contributed by atoms with Gasteiger partial charge in [-0.1, -0.05) is 44.9 Å². The van der Waals surface area contributed by atoms with E-state index in [4.69, 9.17) is 0 Å². The van der Waals surface area contributed by atoms with E-state index in [-0.39, 0.29) is 0 Å². The molecule has 3 nitrogen and oxygen atoms in total. The van der Waals surface area contributed by atoms with Gasteiger partial charge in [-0.2, -0.15) is 0 Å². The molecule has 2 unspecified atom stereocenters. The van der Waals surface area contributed by atoms with Gasteiger partial charge in [-0.25, -0.2) is 0 Å². The molecule has 2 atom stereocenters. The first-order valence-electron chi connectivity index (χ1n) is 9.36. The first kappa shape index (κ1) is 19.9. The van der Waals surface area contributed by atoms with Crippen LogP contribution in [0.5, 0.6) is 0 Å². The fourth-order valence-corrected chi connectivity index (χ4v) is 4.02. The van der Waals surface area contributed by atoms with Crippen molar-refractivity contribution in [2.24, 2.45) is 11.8 Å². The molecule has 22 heavy (non-hydrogen) atoms. The lowest BCUT2D eigenvalue weighted by molar-refractivity contribution is -0.0739. The first-order chi connectivity index (χ1) is 10.3. The molecular formula is C19H40N2O. The second-order valence-corrected chi connectivity index (χ2v) is 8.20. The molecule has 1 fully saturated rings. The van der Waals surface area contributed by atoms with Gasteiger partial charge in [0.1, 0.15) is 0 Å². The van der Waals surface area contributed by atoms with Crippen molar-refractivity contribution < 1.29 is 5.11 Å². The van der Waals surface area contributed by atoms with Crippen LogP contribution in [0.1, 0.15) is 64.7 Å². The summed E-state index contributed by atoms with van der Waals surface area (Å²) in [5.74, 6) is 0.763. The molecule has 1 rings (SSSR count). The quantitative estimate of drug-likeness (QED) is 0.859. The van der Waals surface area contributed by atoms with Crippen LogP contribution in [0.15, 0.2) is 0 Å². The maximum Gasteiger partial charge on any atom is 0.0700 e. The highest BCUT2D eigenvalue weighted by atomic mass is 16.3. The third kappa shape index (κ3) is 6.97. The molecule has 0 aromatic carbocycles. The van der Waals surface area contributed by atoms with E-state index >= 15 is 0 Å². The van der Waals surface area contributed by atoms with Crippen molar-refractivity contribution in [3.63, 3.8) is 0 Å². The van der Waals surface area contributed by atoms with Crippen molar-refractivity contribution >= 4 is 0 Å². The molecule has 1 aliphatic carbocycles. The maximum atomic E-state index is 11.4. The molecular weight excluding hydrogens is 272 g/mol. The molecule has 0 spiro atoms. The van der Waals surface area contributed by atoms with Crippen molar-refractivity contribution in [1.29, 1.82) is 0 Å². The zero-order valence-electron chi connectivity index (χ0n) is 15.8. The third-order valence-electron chi connectivity index (χ3n) is 5.43. The number of nitrogens with zero attached hydrogens (tertiary/aromatic N) is 2. The van der Waals surface area contributed by atoms with Gasteiger partial charge in [0.25, 0.3) is 0 Å². The Morgan fingerprint density at radius 1 is 0.727 bits per heavy atom. The zero-order valence-corrected chi connectivity index (χ0v) is 15.8. The van der Waals surface area contributed by atoms with E-state index in [1.807, 2.05) is 0 Å². The predicted octanol–water partition coefficient (Wildman–Crippen LogP) is 3.62. The smallest absolute Gasteiger partial charge is 0.0700 e. The number of aliphatic hydroxyl groups is 1. The number of hydrogen-bond acceptors (Lipinski definition) is 3. The summed E-state index contributed by atoms with van der Waals surface area (Å²) in [4.78, 5) is 4.50. The van der Waals surface area contributed by atoms with Gasteiger partial charge in [0.2, 0.25) is 0 Å². The monoisotopic (exact) mass is 312 g/mol. The normalized spacial score (nSPS) is 32.7. The minimum absolute atomic E-state index is 0.381. The predicted molar refractivity (Wildman–Crippen MR) is 96.3 cm³/mol. The van der Waals surface area contributed by atoms with Gasteiger partial charge >= 0.3 is 0 Å². The lowest BCUT2D eigenvalue weighted by atomic mass is 9.73. The molecule has 0 radical (unpaired) electrons. The van der Waals surface area contributed by atoms with Crippen LogP contribution in [-0.2, 0) is 0 Å². The zero-order chi connectivity index (χ0) is 16.6. The van der Waals surface area contributed by atoms with E-state index in [9.17, 15) is 5.11 Å². The Kier molecular flexibility index (Phi) is 8.96. The van der Waals surface area contributed by atoms with Crippen molar-refractivity contribution in [2.75, 3.05) is 41.3 Å². The largest absolute Gasteiger partial charge is 0.390 e. The van der Waals surface area contributed by atoms with Crippen molar-refractivity contribution in [3.8, 4) is 0 Å². The fourth-order valence-electron chi connectivity index (χ4n) is 4.02. The van der Waals surface area contributed by atoms with Gasteiger partial charge in [0, 0.05) is 24.9 Å². The Morgan fingerprint density at radius 3 is 1.36 bits per heavy atom. The van der Waals surface area contributed by atoms with Crippen LogP contribution in [0.4, 0.5) is 0 Å². The summed E-state index contributed by atoms with van der Waals surface area (Å²) < 4.78 is 0. The lowest BCUT2D eigenvalue weighted by Crippen LogP contribution is -2.49. The molecule has 0 aromatic heterocycles. The van der Waals surface area contributed by atoms with Crippen molar-refractivity contribution in [3.05, 3.63) is 0 Å². The van der Waals surface area contributed by atoms with E-state index in [1.54, 1.807) is 0 Å². The van der Waals surface area contributed by atoms with E-state index in [2.05, 4.69) is 44.9 Å². The molecule has 0 heterocycles. The minimum Gasteiger partial charge on any atom is -0.390 e. The second kappa shape index (κ2) is 9.89. The van der Waals surface area contributed by atoms with E-state index in [0.29, 0.717) is 11.8 Å². The van der Waals surface area contributed by atoms with Crippen LogP contribution < -0.4 is 0 Å². The molecule has 0 saturated heterocycles. The molecule has 1 aliphatic rings. The molecule has 132 valence electrons. The Hall–Kier alpha value is -0.120. The Morgan fingerprint density at radius 2 is 1.05 bits per heavy atom. The lowest BCUT2D eigenvalue weighted by Gasteiger charge is -2.42.